The van der Waals surface area contributed by atoms with Crippen LogP contribution in [-0.4, -0.2) is 40.3 Å². The summed E-state index contributed by atoms with van der Waals surface area (Å²) in [4.78, 5) is 22.2. The number of carboxylic acid groups (broad SMARTS) is 1. The molecule has 1 fully saturated rings. The highest BCUT2D eigenvalue weighted by atomic mass is 32.2. The number of rotatable bonds is 6. The fourth-order valence-corrected chi connectivity index (χ4v) is 5.33. The first kappa shape index (κ1) is 24.8. The monoisotopic (exact) mass is 502 g/mol. The average Bonchev–Trinajstić information content (AvgIpc) is 3.27. The molecule has 2 N–H and O–H groups in total. The van der Waals surface area contributed by atoms with E-state index in [-0.39, 0.29) is 16.9 Å². The van der Waals surface area contributed by atoms with Crippen LogP contribution in [-0.2, 0) is 6.18 Å². The molecule has 1 aromatic heterocycles. The molecule has 2 heterocycles. The standard InChI is InChI=1S/C25H25F3N4O2S/c1-15(2)18-5-3-4-6-21(18)35-22-8-7-16(11-19(22)25(26,27)28)20-12-23(30-14-29-20)32-10-9-17(13-32)31-24(33)34/h3-8,11-12,14-15,17,31H,9-10,13H2,1-2H3,(H,33,34). The highest BCUT2D eigenvalue weighted by molar-refractivity contribution is 7.99. The van der Waals surface area contributed by atoms with Crippen LogP contribution < -0.4 is 10.2 Å². The Morgan fingerprint density at radius 1 is 1.14 bits per heavy atom. The molecule has 1 amide bonds. The Morgan fingerprint density at radius 3 is 2.63 bits per heavy atom. The summed E-state index contributed by atoms with van der Waals surface area (Å²) in [7, 11) is 0. The predicted molar refractivity (Wildman–Crippen MR) is 129 cm³/mol. The van der Waals surface area contributed by atoms with Gasteiger partial charge in [0.1, 0.15) is 12.1 Å². The number of nitrogens with zero attached hydrogens (tertiary/aromatic N) is 3. The van der Waals surface area contributed by atoms with Gasteiger partial charge in [0.2, 0.25) is 0 Å². The van der Waals surface area contributed by atoms with Crippen molar-refractivity contribution in [1.29, 1.82) is 0 Å². The summed E-state index contributed by atoms with van der Waals surface area (Å²) in [6.45, 7) is 5.04. The smallest absolute Gasteiger partial charge is 0.417 e. The van der Waals surface area contributed by atoms with Crippen LogP contribution in [0.5, 0.6) is 0 Å². The molecule has 0 bridgehead atoms. The number of amides is 1. The van der Waals surface area contributed by atoms with Crippen molar-refractivity contribution in [2.75, 3.05) is 18.0 Å². The summed E-state index contributed by atoms with van der Waals surface area (Å²) in [5.74, 6) is 0.727. The molecule has 3 aromatic rings. The number of halogens is 3. The second-order valence-corrected chi connectivity index (χ2v) is 9.73. The third-order valence-electron chi connectivity index (χ3n) is 5.83. The van der Waals surface area contributed by atoms with Crippen LogP contribution in [0.2, 0.25) is 0 Å². The van der Waals surface area contributed by atoms with Gasteiger partial charge in [0.25, 0.3) is 0 Å². The van der Waals surface area contributed by atoms with Crippen molar-refractivity contribution >= 4 is 23.7 Å². The van der Waals surface area contributed by atoms with Crippen LogP contribution in [0.1, 0.15) is 37.3 Å². The number of nitrogens with one attached hydrogen (secondary N) is 1. The Morgan fingerprint density at radius 2 is 1.91 bits per heavy atom. The van der Waals surface area contributed by atoms with E-state index in [0.29, 0.717) is 36.6 Å². The van der Waals surface area contributed by atoms with Crippen molar-refractivity contribution in [3.05, 3.63) is 66.0 Å². The lowest BCUT2D eigenvalue weighted by molar-refractivity contribution is -0.139. The molecule has 4 rings (SSSR count). The van der Waals surface area contributed by atoms with Crippen molar-refractivity contribution in [1.82, 2.24) is 15.3 Å². The SMILES string of the molecule is CC(C)c1ccccc1Sc1ccc(-c2cc(N3CCC(NC(=O)O)C3)ncn2)cc1C(F)(F)F. The van der Waals surface area contributed by atoms with E-state index in [2.05, 4.69) is 15.3 Å². The second-order valence-electron chi connectivity index (χ2n) is 8.65. The van der Waals surface area contributed by atoms with Crippen LogP contribution >= 0.6 is 11.8 Å². The zero-order valence-electron chi connectivity index (χ0n) is 19.2. The van der Waals surface area contributed by atoms with Gasteiger partial charge < -0.3 is 15.3 Å². The van der Waals surface area contributed by atoms with E-state index < -0.39 is 17.8 Å². The first-order valence-electron chi connectivity index (χ1n) is 11.2. The van der Waals surface area contributed by atoms with Crippen molar-refractivity contribution in [2.24, 2.45) is 0 Å². The lowest BCUT2D eigenvalue weighted by atomic mass is 10.0. The number of aromatic nitrogens is 2. The molecule has 1 saturated heterocycles. The minimum atomic E-state index is -4.54. The van der Waals surface area contributed by atoms with Crippen molar-refractivity contribution in [2.45, 2.75) is 48.2 Å². The van der Waals surface area contributed by atoms with Gasteiger partial charge >= 0.3 is 12.3 Å². The molecule has 2 aromatic carbocycles. The Hall–Kier alpha value is -3.27. The molecule has 1 aliphatic rings. The summed E-state index contributed by atoms with van der Waals surface area (Å²) < 4.78 is 42.2. The molecule has 184 valence electrons. The van der Waals surface area contributed by atoms with Crippen LogP contribution in [0.4, 0.5) is 23.8 Å². The second kappa shape index (κ2) is 10.2. The lowest BCUT2D eigenvalue weighted by Crippen LogP contribution is -2.36. The zero-order chi connectivity index (χ0) is 25.2. The fraction of sp³-hybridized carbons (Fsp3) is 0.320. The van der Waals surface area contributed by atoms with Gasteiger partial charge in [0.15, 0.2) is 0 Å². The maximum atomic E-state index is 14.1. The molecule has 6 nitrogen and oxygen atoms in total. The molecule has 10 heteroatoms. The van der Waals surface area contributed by atoms with Crippen LogP contribution in [0.15, 0.2) is 64.6 Å². The first-order chi connectivity index (χ1) is 16.6. The van der Waals surface area contributed by atoms with E-state index in [4.69, 9.17) is 5.11 Å². The zero-order valence-corrected chi connectivity index (χ0v) is 20.0. The Bertz CT molecular complexity index is 1220. The molecule has 0 aliphatic carbocycles. The molecule has 0 spiro atoms. The van der Waals surface area contributed by atoms with Crippen LogP contribution in [0, 0.1) is 0 Å². The van der Waals surface area contributed by atoms with Crippen molar-refractivity contribution < 1.29 is 23.1 Å². The third-order valence-corrected chi connectivity index (χ3v) is 7.00. The largest absolute Gasteiger partial charge is 0.465 e. The molecule has 1 unspecified atom stereocenters. The van der Waals surface area contributed by atoms with Gasteiger partial charge in [-0.05, 0) is 36.1 Å². The summed E-state index contributed by atoms with van der Waals surface area (Å²) in [5.41, 5.74) is 0.984. The number of alkyl halides is 3. The summed E-state index contributed by atoms with van der Waals surface area (Å²) in [5, 5.41) is 11.4. The fourth-order valence-electron chi connectivity index (χ4n) is 4.11. The van der Waals surface area contributed by atoms with Crippen LogP contribution in [0.25, 0.3) is 11.3 Å². The summed E-state index contributed by atoms with van der Waals surface area (Å²) in [6.07, 6.45) is -3.69. The minimum absolute atomic E-state index is 0.130. The van der Waals surface area contributed by atoms with E-state index in [9.17, 15) is 18.0 Å². The van der Waals surface area contributed by atoms with E-state index in [0.717, 1.165) is 28.3 Å². The highest BCUT2D eigenvalue weighted by Crippen LogP contribution is 2.43. The minimum Gasteiger partial charge on any atom is -0.465 e. The average molecular weight is 503 g/mol. The highest BCUT2D eigenvalue weighted by Gasteiger charge is 2.34. The summed E-state index contributed by atoms with van der Waals surface area (Å²) >= 11 is 1.11. The number of benzene rings is 2. The molecule has 1 aliphatic heterocycles. The topological polar surface area (TPSA) is 78.4 Å². The van der Waals surface area contributed by atoms with Gasteiger partial charge in [-0.15, -0.1) is 0 Å². The molecule has 35 heavy (non-hydrogen) atoms. The molecular formula is C25H25F3N4O2S. The van der Waals surface area contributed by atoms with Crippen molar-refractivity contribution in [3.8, 4) is 11.3 Å². The van der Waals surface area contributed by atoms with Gasteiger partial charge in [0.05, 0.1) is 17.3 Å². The molecule has 1 atom stereocenters. The Kier molecular flexibility index (Phi) is 7.20. The molecule has 0 saturated carbocycles. The number of anilines is 1. The maximum Gasteiger partial charge on any atom is 0.417 e. The van der Waals surface area contributed by atoms with Gasteiger partial charge in [-0.1, -0.05) is 49.9 Å². The van der Waals surface area contributed by atoms with Crippen LogP contribution in [0.3, 0.4) is 0 Å². The van der Waals surface area contributed by atoms with Gasteiger partial charge in [-0.25, -0.2) is 14.8 Å². The first-order valence-corrected chi connectivity index (χ1v) is 12.0. The van der Waals surface area contributed by atoms with E-state index in [1.54, 1.807) is 12.1 Å². The molecular weight excluding hydrogens is 477 g/mol. The normalized spacial score (nSPS) is 16.1. The number of carbonyl (C=O) groups is 1. The quantitative estimate of drug-likeness (QED) is 0.413. The van der Waals surface area contributed by atoms with Gasteiger partial charge in [-0.2, -0.15) is 13.2 Å². The number of hydrogen-bond acceptors (Lipinski definition) is 5. The Balaban J connectivity index is 1.64. The Labute approximate surface area is 205 Å². The van der Waals surface area contributed by atoms with E-state index in [1.807, 2.05) is 43.0 Å². The van der Waals surface area contributed by atoms with Gasteiger partial charge in [-0.3, -0.25) is 0 Å². The third kappa shape index (κ3) is 5.87. The van der Waals surface area contributed by atoms with Crippen molar-refractivity contribution in [3.63, 3.8) is 0 Å². The lowest BCUT2D eigenvalue weighted by Gasteiger charge is -2.19. The van der Waals surface area contributed by atoms with Gasteiger partial charge in [0, 0.05) is 34.5 Å². The summed E-state index contributed by atoms with van der Waals surface area (Å²) in [6, 6.07) is 13.2. The predicted octanol–water partition coefficient (Wildman–Crippen LogP) is 6.28. The maximum absolute atomic E-state index is 14.1. The molecule has 0 radical (unpaired) electrons. The van der Waals surface area contributed by atoms with E-state index in [1.165, 1.54) is 12.4 Å². The van der Waals surface area contributed by atoms with E-state index >= 15 is 0 Å². The number of hydrogen-bond donors (Lipinski definition) is 2.